The lowest BCUT2D eigenvalue weighted by molar-refractivity contribution is 0.0640. The molecule has 0 spiro atoms. The van der Waals surface area contributed by atoms with Crippen LogP contribution in [-0.2, 0) is 0 Å². The van der Waals surface area contributed by atoms with E-state index in [4.69, 9.17) is 0 Å². The third kappa shape index (κ3) is 3.58. The summed E-state index contributed by atoms with van der Waals surface area (Å²) in [6.07, 6.45) is 2.61. The van der Waals surface area contributed by atoms with Crippen molar-refractivity contribution < 1.29 is 9.59 Å². The van der Waals surface area contributed by atoms with Gasteiger partial charge in [-0.1, -0.05) is 19.9 Å². The van der Waals surface area contributed by atoms with Gasteiger partial charge < -0.3 is 15.1 Å². The van der Waals surface area contributed by atoms with Crippen LogP contribution in [-0.4, -0.2) is 69.8 Å². The molecule has 1 aliphatic heterocycles. The lowest BCUT2D eigenvalue weighted by Gasteiger charge is -2.33. The molecule has 2 aromatic heterocycles. The Bertz CT molecular complexity index is 792. The molecule has 1 unspecified atom stereocenters. The predicted molar refractivity (Wildman–Crippen MR) is 100 cm³/mol. The fraction of sp³-hybridized carbons (Fsp3) is 0.526. The molecule has 1 atom stereocenters. The van der Waals surface area contributed by atoms with Gasteiger partial charge in [0.25, 0.3) is 11.8 Å². The van der Waals surface area contributed by atoms with E-state index in [0.717, 1.165) is 26.1 Å². The molecule has 3 heterocycles. The van der Waals surface area contributed by atoms with Crippen LogP contribution in [0.3, 0.4) is 0 Å². The van der Waals surface area contributed by atoms with Crippen molar-refractivity contribution in [3.63, 3.8) is 0 Å². The minimum atomic E-state index is -0.254. The van der Waals surface area contributed by atoms with Gasteiger partial charge in [0.1, 0.15) is 0 Å². The van der Waals surface area contributed by atoms with Gasteiger partial charge in [-0.05, 0) is 32.0 Å². The fourth-order valence-corrected chi connectivity index (χ4v) is 3.16. The summed E-state index contributed by atoms with van der Waals surface area (Å²) in [5.41, 5.74) is 1.02. The Balaban J connectivity index is 1.89. The number of piperazine rings is 1. The highest BCUT2D eigenvalue weighted by molar-refractivity contribution is 6.02. The van der Waals surface area contributed by atoms with Crippen LogP contribution in [0.2, 0.25) is 0 Å². The number of imidazole rings is 1. The Labute approximate surface area is 154 Å². The molecule has 7 nitrogen and oxygen atoms in total. The Hall–Kier alpha value is -2.41. The number of likely N-dealkylation sites (N-methyl/N-ethyl adjacent to an activating group) is 1. The van der Waals surface area contributed by atoms with Gasteiger partial charge in [0.05, 0.1) is 5.52 Å². The molecular formula is C19H27N5O2. The molecule has 26 heavy (non-hydrogen) atoms. The van der Waals surface area contributed by atoms with E-state index in [1.165, 1.54) is 0 Å². The first-order valence-electron chi connectivity index (χ1n) is 9.34. The van der Waals surface area contributed by atoms with Gasteiger partial charge in [-0.25, -0.2) is 4.98 Å². The average molecular weight is 357 g/mol. The maximum absolute atomic E-state index is 13.0. The SMILES string of the molecule is CCC(C)NC(=O)c1nc(C(=O)N2CCN(CC)CC2)c2ccccn12. The van der Waals surface area contributed by atoms with Crippen molar-refractivity contribution in [2.45, 2.75) is 33.2 Å². The number of aromatic nitrogens is 2. The van der Waals surface area contributed by atoms with E-state index in [-0.39, 0.29) is 23.7 Å². The largest absolute Gasteiger partial charge is 0.347 e. The van der Waals surface area contributed by atoms with Crippen LogP contribution < -0.4 is 5.32 Å². The van der Waals surface area contributed by atoms with Crippen LogP contribution in [0.4, 0.5) is 0 Å². The molecule has 2 aromatic rings. The molecular weight excluding hydrogens is 330 g/mol. The maximum Gasteiger partial charge on any atom is 0.287 e. The number of pyridine rings is 1. The third-order valence-electron chi connectivity index (χ3n) is 5.05. The van der Waals surface area contributed by atoms with Crippen LogP contribution in [0.15, 0.2) is 24.4 Å². The summed E-state index contributed by atoms with van der Waals surface area (Å²) in [6.45, 7) is 10.2. The highest BCUT2D eigenvalue weighted by Gasteiger charge is 2.27. The van der Waals surface area contributed by atoms with Crippen molar-refractivity contribution in [1.29, 1.82) is 0 Å². The molecule has 0 radical (unpaired) electrons. The molecule has 1 fully saturated rings. The lowest BCUT2D eigenvalue weighted by Crippen LogP contribution is -2.48. The summed E-state index contributed by atoms with van der Waals surface area (Å²) in [5.74, 6) is -0.0983. The molecule has 1 saturated heterocycles. The van der Waals surface area contributed by atoms with Gasteiger partial charge in [-0.15, -0.1) is 0 Å². The second-order valence-corrected chi connectivity index (χ2v) is 6.75. The minimum Gasteiger partial charge on any atom is -0.347 e. The molecule has 1 N–H and O–H groups in total. The molecule has 1 aliphatic rings. The molecule has 0 aromatic carbocycles. The summed E-state index contributed by atoms with van der Waals surface area (Å²) in [7, 11) is 0. The molecule has 0 saturated carbocycles. The second-order valence-electron chi connectivity index (χ2n) is 6.75. The number of amides is 2. The van der Waals surface area contributed by atoms with Crippen LogP contribution in [0.5, 0.6) is 0 Å². The number of nitrogens with zero attached hydrogens (tertiary/aromatic N) is 4. The zero-order chi connectivity index (χ0) is 18.7. The van der Waals surface area contributed by atoms with Gasteiger partial charge in [0, 0.05) is 38.4 Å². The van der Waals surface area contributed by atoms with Crippen LogP contribution in [0.25, 0.3) is 5.52 Å². The molecule has 3 rings (SSSR count). The molecule has 0 aliphatic carbocycles. The Morgan fingerprint density at radius 2 is 1.92 bits per heavy atom. The number of nitrogens with one attached hydrogen (secondary N) is 1. The number of rotatable bonds is 5. The first-order valence-corrected chi connectivity index (χ1v) is 9.34. The van der Waals surface area contributed by atoms with Gasteiger partial charge in [0.2, 0.25) is 5.82 Å². The summed E-state index contributed by atoms with van der Waals surface area (Å²) in [4.78, 5) is 34.2. The van der Waals surface area contributed by atoms with Gasteiger partial charge in [0.15, 0.2) is 5.69 Å². The average Bonchev–Trinajstić information content (AvgIpc) is 3.07. The number of carbonyl (C=O) groups excluding carboxylic acids is 2. The normalized spacial score (nSPS) is 16.7. The van der Waals surface area contributed by atoms with E-state index in [2.05, 4.69) is 22.1 Å². The third-order valence-corrected chi connectivity index (χ3v) is 5.05. The molecule has 7 heteroatoms. The van der Waals surface area contributed by atoms with Crippen molar-refractivity contribution >= 4 is 17.3 Å². The van der Waals surface area contributed by atoms with E-state index >= 15 is 0 Å². The molecule has 0 bridgehead atoms. The molecule has 140 valence electrons. The van der Waals surface area contributed by atoms with Crippen LogP contribution in [0.1, 0.15) is 48.3 Å². The van der Waals surface area contributed by atoms with E-state index in [9.17, 15) is 9.59 Å². The van der Waals surface area contributed by atoms with Gasteiger partial charge in [-0.3, -0.25) is 14.0 Å². The van der Waals surface area contributed by atoms with Crippen molar-refractivity contribution in [3.05, 3.63) is 35.9 Å². The fourth-order valence-electron chi connectivity index (χ4n) is 3.16. The Morgan fingerprint density at radius 3 is 2.58 bits per heavy atom. The van der Waals surface area contributed by atoms with Crippen LogP contribution in [0, 0.1) is 0 Å². The van der Waals surface area contributed by atoms with Gasteiger partial charge in [-0.2, -0.15) is 0 Å². The number of fused-ring (bicyclic) bond motifs is 1. The van der Waals surface area contributed by atoms with E-state index in [1.54, 1.807) is 10.6 Å². The summed E-state index contributed by atoms with van der Waals surface area (Å²) < 4.78 is 1.70. The van der Waals surface area contributed by atoms with Crippen molar-refractivity contribution in [1.82, 2.24) is 24.5 Å². The van der Waals surface area contributed by atoms with E-state index < -0.39 is 0 Å². The maximum atomic E-state index is 13.0. The zero-order valence-electron chi connectivity index (χ0n) is 15.7. The second kappa shape index (κ2) is 7.86. The number of hydrogen-bond acceptors (Lipinski definition) is 4. The smallest absolute Gasteiger partial charge is 0.287 e. The summed E-state index contributed by atoms with van der Waals surface area (Å²) in [5, 5.41) is 2.93. The predicted octanol–water partition coefficient (Wildman–Crippen LogP) is 1.64. The van der Waals surface area contributed by atoms with Crippen molar-refractivity contribution in [2.24, 2.45) is 0 Å². The van der Waals surface area contributed by atoms with E-state index in [1.807, 2.05) is 36.9 Å². The number of hydrogen-bond donors (Lipinski definition) is 1. The first-order chi connectivity index (χ1) is 12.5. The Morgan fingerprint density at radius 1 is 1.19 bits per heavy atom. The monoisotopic (exact) mass is 357 g/mol. The number of carbonyl (C=O) groups is 2. The zero-order valence-corrected chi connectivity index (χ0v) is 15.7. The van der Waals surface area contributed by atoms with Crippen LogP contribution >= 0.6 is 0 Å². The topological polar surface area (TPSA) is 70.0 Å². The summed E-state index contributed by atoms with van der Waals surface area (Å²) in [6, 6.07) is 5.59. The minimum absolute atomic E-state index is 0.0554. The standard InChI is InChI=1S/C19H27N5O2/c1-4-14(3)20-18(25)17-21-16(15-8-6-7-9-24(15)17)19(26)23-12-10-22(5-2)11-13-23/h6-9,14H,4-5,10-13H2,1-3H3,(H,20,25). The quantitative estimate of drug-likeness (QED) is 0.883. The highest BCUT2D eigenvalue weighted by atomic mass is 16.2. The summed E-state index contributed by atoms with van der Waals surface area (Å²) >= 11 is 0. The van der Waals surface area contributed by atoms with E-state index in [0.29, 0.717) is 24.3 Å². The molecule has 2 amide bonds. The first kappa shape index (κ1) is 18.4. The highest BCUT2D eigenvalue weighted by Crippen LogP contribution is 2.17. The van der Waals surface area contributed by atoms with Gasteiger partial charge >= 0.3 is 0 Å². The lowest BCUT2D eigenvalue weighted by atomic mass is 10.2. The Kier molecular flexibility index (Phi) is 5.56. The van der Waals surface area contributed by atoms with Crippen molar-refractivity contribution in [3.8, 4) is 0 Å². The van der Waals surface area contributed by atoms with Crippen molar-refractivity contribution in [2.75, 3.05) is 32.7 Å².